The predicted octanol–water partition coefficient (Wildman–Crippen LogP) is 3.09. The van der Waals surface area contributed by atoms with Crippen molar-refractivity contribution < 1.29 is 4.79 Å². The van der Waals surface area contributed by atoms with Gasteiger partial charge in [-0.3, -0.25) is 4.79 Å². The lowest BCUT2D eigenvalue weighted by molar-refractivity contribution is -0.137. The van der Waals surface area contributed by atoms with Crippen LogP contribution in [0.4, 0.5) is 0 Å². The molecule has 0 spiro atoms. The minimum absolute atomic E-state index is 0.0796. The quantitative estimate of drug-likeness (QED) is 0.827. The Kier molecular flexibility index (Phi) is 3.48. The van der Waals surface area contributed by atoms with Crippen LogP contribution >= 0.6 is 0 Å². The smallest absolute Gasteiger partial charge is 0.243 e. The van der Waals surface area contributed by atoms with E-state index in [1.807, 2.05) is 23.1 Å². The maximum atomic E-state index is 12.7. The molecule has 1 aromatic carbocycles. The molecule has 0 bridgehead atoms. The van der Waals surface area contributed by atoms with Crippen LogP contribution in [0.15, 0.2) is 30.3 Å². The van der Waals surface area contributed by atoms with E-state index in [0.717, 1.165) is 45.2 Å². The van der Waals surface area contributed by atoms with Gasteiger partial charge in [0.1, 0.15) is 5.41 Å². The molecule has 2 aliphatic rings. The Morgan fingerprint density at radius 1 is 1.25 bits per heavy atom. The van der Waals surface area contributed by atoms with E-state index in [1.165, 1.54) is 5.56 Å². The largest absolute Gasteiger partial charge is 0.341 e. The first-order valence-corrected chi connectivity index (χ1v) is 7.51. The SMILES string of the molecule is N#CC1(C(=O)N2CCC(c3ccccc3)C2)CCCC1. The van der Waals surface area contributed by atoms with Crippen LogP contribution in [0.1, 0.15) is 43.6 Å². The Hall–Kier alpha value is -1.82. The number of carbonyl (C=O) groups excluding carboxylic acids is 1. The van der Waals surface area contributed by atoms with E-state index in [-0.39, 0.29) is 5.91 Å². The summed E-state index contributed by atoms with van der Waals surface area (Å²) in [5.41, 5.74) is 0.589. The topological polar surface area (TPSA) is 44.1 Å². The van der Waals surface area contributed by atoms with Crippen LogP contribution in [-0.4, -0.2) is 23.9 Å². The summed E-state index contributed by atoms with van der Waals surface area (Å²) in [5, 5.41) is 9.43. The second kappa shape index (κ2) is 5.28. The average molecular weight is 268 g/mol. The van der Waals surface area contributed by atoms with E-state index in [9.17, 15) is 10.1 Å². The molecule has 2 fully saturated rings. The van der Waals surface area contributed by atoms with E-state index in [2.05, 4.69) is 18.2 Å². The molecule has 3 nitrogen and oxygen atoms in total. The van der Waals surface area contributed by atoms with Crippen molar-refractivity contribution in [3.8, 4) is 6.07 Å². The van der Waals surface area contributed by atoms with Gasteiger partial charge in [-0.1, -0.05) is 43.2 Å². The Labute approximate surface area is 120 Å². The Morgan fingerprint density at radius 2 is 1.95 bits per heavy atom. The fourth-order valence-corrected chi connectivity index (χ4v) is 3.60. The maximum absolute atomic E-state index is 12.7. The summed E-state index contributed by atoms with van der Waals surface area (Å²) in [5.74, 6) is 0.508. The standard InChI is InChI=1S/C17H20N2O/c18-13-17(9-4-5-10-17)16(20)19-11-8-15(12-19)14-6-2-1-3-7-14/h1-3,6-7,15H,4-5,8-12H2. The van der Waals surface area contributed by atoms with Crippen LogP contribution in [0.3, 0.4) is 0 Å². The van der Waals surface area contributed by atoms with Crippen molar-refractivity contribution in [3.63, 3.8) is 0 Å². The zero-order chi connectivity index (χ0) is 14.0. The number of carbonyl (C=O) groups is 1. The van der Waals surface area contributed by atoms with Crippen LogP contribution in [-0.2, 0) is 4.79 Å². The minimum atomic E-state index is -0.717. The van der Waals surface area contributed by atoms with Gasteiger partial charge in [-0.2, -0.15) is 5.26 Å². The Balaban J connectivity index is 1.71. The molecule has 0 aromatic heterocycles. The molecule has 1 aromatic rings. The molecule has 1 amide bonds. The molecule has 1 saturated heterocycles. The van der Waals surface area contributed by atoms with Gasteiger partial charge in [0.15, 0.2) is 0 Å². The van der Waals surface area contributed by atoms with Gasteiger partial charge in [-0.15, -0.1) is 0 Å². The van der Waals surface area contributed by atoms with Gasteiger partial charge in [0.05, 0.1) is 6.07 Å². The van der Waals surface area contributed by atoms with Gasteiger partial charge in [0.2, 0.25) is 5.91 Å². The molecular weight excluding hydrogens is 248 g/mol. The van der Waals surface area contributed by atoms with Gasteiger partial charge in [0.25, 0.3) is 0 Å². The molecule has 0 N–H and O–H groups in total. The molecular formula is C17H20N2O. The van der Waals surface area contributed by atoms with Crippen LogP contribution < -0.4 is 0 Å². The molecule has 1 saturated carbocycles. The second-order valence-corrected chi connectivity index (χ2v) is 6.05. The van der Waals surface area contributed by atoms with Gasteiger partial charge in [-0.25, -0.2) is 0 Å². The van der Waals surface area contributed by atoms with Crippen LogP contribution in [0.5, 0.6) is 0 Å². The summed E-state index contributed by atoms with van der Waals surface area (Å²) in [6.45, 7) is 1.56. The first kappa shape index (κ1) is 13.2. The number of rotatable bonds is 2. The molecule has 3 heteroatoms. The molecule has 104 valence electrons. The van der Waals surface area contributed by atoms with Crippen molar-refractivity contribution in [1.29, 1.82) is 5.26 Å². The Morgan fingerprint density at radius 3 is 2.60 bits per heavy atom. The van der Waals surface area contributed by atoms with E-state index in [4.69, 9.17) is 0 Å². The number of nitriles is 1. The minimum Gasteiger partial charge on any atom is -0.341 e. The number of nitrogens with zero attached hydrogens (tertiary/aromatic N) is 2. The van der Waals surface area contributed by atoms with E-state index in [0.29, 0.717) is 5.92 Å². The van der Waals surface area contributed by atoms with Gasteiger partial charge < -0.3 is 4.90 Å². The lowest BCUT2D eigenvalue weighted by atomic mass is 9.86. The fourth-order valence-electron chi connectivity index (χ4n) is 3.60. The summed E-state index contributed by atoms with van der Waals surface area (Å²) in [7, 11) is 0. The lowest BCUT2D eigenvalue weighted by Gasteiger charge is -2.26. The Bertz CT molecular complexity index is 526. The summed E-state index contributed by atoms with van der Waals surface area (Å²) >= 11 is 0. The molecule has 1 aliphatic carbocycles. The first-order valence-electron chi connectivity index (χ1n) is 7.51. The molecule has 0 radical (unpaired) electrons. The average Bonchev–Trinajstić information content (AvgIpc) is 3.17. The third-order valence-corrected chi connectivity index (χ3v) is 4.83. The third-order valence-electron chi connectivity index (χ3n) is 4.83. The number of hydrogen-bond donors (Lipinski definition) is 0. The van der Waals surface area contributed by atoms with Crippen molar-refractivity contribution in [3.05, 3.63) is 35.9 Å². The highest BCUT2D eigenvalue weighted by molar-refractivity contribution is 5.86. The zero-order valence-corrected chi connectivity index (χ0v) is 11.7. The number of benzene rings is 1. The molecule has 1 aliphatic heterocycles. The van der Waals surface area contributed by atoms with Crippen molar-refractivity contribution in [2.45, 2.75) is 38.0 Å². The van der Waals surface area contributed by atoms with Gasteiger partial charge in [0, 0.05) is 19.0 Å². The molecule has 3 rings (SSSR count). The van der Waals surface area contributed by atoms with Crippen molar-refractivity contribution in [2.24, 2.45) is 5.41 Å². The maximum Gasteiger partial charge on any atom is 0.243 e. The highest BCUT2D eigenvalue weighted by Crippen LogP contribution is 2.40. The molecule has 1 unspecified atom stereocenters. The molecule has 1 heterocycles. The van der Waals surface area contributed by atoms with Crippen LogP contribution in [0, 0.1) is 16.7 Å². The molecule has 1 atom stereocenters. The number of hydrogen-bond acceptors (Lipinski definition) is 2. The van der Waals surface area contributed by atoms with Gasteiger partial charge >= 0.3 is 0 Å². The molecule has 20 heavy (non-hydrogen) atoms. The zero-order valence-electron chi connectivity index (χ0n) is 11.7. The highest BCUT2D eigenvalue weighted by Gasteiger charge is 2.45. The first-order chi connectivity index (χ1) is 9.75. The normalized spacial score (nSPS) is 24.6. The second-order valence-electron chi connectivity index (χ2n) is 6.05. The van der Waals surface area contributed by atoms with Crippen LogP contribution in [0.2, 0.25) is 0 Å². The van der Waals surface area contributed by atoms with E-state index >= 15 is 0 Å². The summed E-state index contributed by atoms with van der Waals surface area (Å²) in [6.07, 6.45) is 4.52. The van der Waals surface area contributed by atoms with Crippen molar-refractivity contribution in [2.75, 3.05) is 13.1 Å². The van der Waals surface area contributed by atoms with Gasteiger partial charge in [-0.05, 0) is 24.8 Å². The monoisotopic (exact) mass is 268 g/mol. The van der Waals surface area contributed by atoms with E-state index < -0.39 is 5.41 Å². The van der Waals surface area contributed by atoms with Crippen LogP contribution in [0.25, 0.3) is 0 Å². The predicted molar refractivity (Wildman–Crippen MR) is 76.9 cm³/mol. The highest BCUT2D eigenvalue weighted by atomic mass is 16.2. The van der Waals surface area contributed by atoms with Crippen molar-refractivity contribution >= 4 is 5.91 Å². The third kappa shape index (κ3) is 2.20. The van der Waals surface area contributed by atoms with E-state index in [1.54, 1.807) is 0 Å². The van der Waals surface area contributed by atoms with Crippen molar-refractivity contribution in [1.82, 2.24) is 4.90 Å². The summed E-state index contributed by atoms with van der Waals surface area (Å²) in [6, 6.07) is 12.7. The lowest BCUT2D eigenvalue weighted by Crippen LogP contribution is -2.40. The number of likely N-dealkylation sites (tertiary alicyclic amines) is 1. The summed E-state index contributed by atoms with van der Waals surface area (Å²) in [4.78, 5) is 14.6. The fraction of sp³-hybridized carbons (Fsp3) is 0.529. The summed E-state index contributed by atoms with van der Waals surface area (Å²) < 4.78 is 0. The number of amides is 1.